The van der Waals surface area contributed by atoms with Gasteiger partial charge in [-0.1, -0.05) is 22.0 Å². The Labute approximate surface area is 124 Å². The Morgan fingerprint density at radius 1 is 1.25 bits per heavy atom. The molecule has 0 amide bonds. The third-order valence-electron chi connectivity index (χ3n) is 2.74. The number of hydrogen-bond donors (Lipinski definition) is 1. The number of aliphatic hydroxyl groups excluding tert-OH is 1. The molecule has 1 N–H and O–H groups in total. The first-order valence-corrected chi connectivity index (χ1v) is 6.64. The van der Waals surface area contributed by atoms with Gasteiger partial charge in [-0.3, -0.25) is 0 Å². The van der Waals surface area contributed by atoms with E-state index in [9.17, 15) is 9.50 Å². The molecule has 0 atom stereocenters. The lowest BCUT2D eigenvalue weighted by atomic mass is 10.1. The van der Waals surface area contributed by atoms with Crippen molar-refractivity contribution in [2.24, 2.45) is 0 Å². The topological polar surface area (TPSA) is 53.2 Å². The highest BCUT2D eigenvalue weighted by atomic mass is 79.9. The summed E-state index contributed by atoms with van der Waals surface area (Å²) in [6.07, 6.45) is 0. The van der Waals surface area contributed by atoms with E-state index in [2.05, 4.69) is 15.9 Å². The van der Waals surface area contributed by atoms with Gasteiger partial charge in [-0.25, -0.2) is 4.39 Å². The van der Waals surface area contributed by atoms with Crippen LogP contribution in [0, 0.1) is 17.1 Å². The molecular weight excluding hydrogens is 325 g/mol. The smallest absolute Gasteiger partial charge is 0.140 e. The summed E-state index contributed by atoms with van der Waals surface area (Å²) in [7, 11) is 0. The second-order valence-corrected chi connectivity index (χ2v) is 5.04. The predicted molar refractivity (Wildman–Crippen MR) is 75.5 cm³/mol. The number of rotatable bonds is 4. The maximum atomic E-state index is 13.2. The molecular formula is C15H11BrFNO2. The number of nitrogens with zero attached hydrogens (tertiary/aromatic N) is 1. The van der Waals surface area contributed by atoms with Gasteiger partial charge in [0.2, 0.25) is 0 Å². The Bertz CT molecular complexity index is 667. The van der Waals surface area contributed by atoms with Crippen molar-refractivity contribution in [3.8, 4) is 11.8 Å². The molecule has 2 aromatic carbocycles. The van der Waals surface area contributed by atoms with Crippen LogP contribution in [0.15, 0.2) is 40.9 Å². The summed E-state index contributed by atoms with van der Waals surface area (Å²) in [6.45, 7) is 0.0607. The Morgan fingerprint density at radius 3 is 2.75 bits per heavy atom. The SMILES string of the molecule is N#Cc1cc(COc2ccc(Br)cc2CO)ccc1F. The average Bonchev–Trinajstić information content (AvgIpc) is 2.47. The molecule has 3 nitrogen and oxygen atoms in total. The van der Waals surface area contributed by atoms with Crippen molar-refractivity contribution in [3.63, 3.8) is 0 Å². The Kier molecular flexibility index (Phi) is 4.72. The van der Waals surface area contributed by atoms with Gasteiger partial charge in [-0.05, 0) is 35.9 Å². The zero-order chi connectivity index (χ0) is 14.5. The van der Waals surface area contributed by atoms with E-state index in [1.165, 1.54) is 12.1 Å². The highest BCUT2D eigenvalue weighted by Crippen LogP contribution is 2.24. The molecule has 0 heterocycles. The minimum atomic E-state index is -0.545. The Morgan fingerprint density at radius 2 is 2.05 bits per heavy atom. The standard InChI is InChI=1S/C15H11BrFNO2/c16-13-2-4-15(12(6-13)8-19)20-9-10-1-3-14(17)11(5-10)7-18/h1-6,19H,8-9H2. The zero-order valence-electron chi connectivity index (χ0n) is 10.4. The molecule has 0 unspecified atom stereocenters. The Hall–Kier alpha value is -1.90. The fourth-order valence-corrected chi connectivity index (χ4v) is 2.13. The first kappa shape index (κ1) is 14.5. The van der Waals surface area contributed by atoms with Gasteiger partial charge in [0, 0.05) is 10.0 Å². The van der Waals surface area contributed by atoms with Crippen LogP contribution in [0.2, 0.25) is 0 Å². The molecule has 20 heavy (non-hydrogen) atoms. The van der Waals surface area contributed by atoms with Crippen LogP contribution in [0.4, 0.5) is 4.39 Å². The number of halogens is 2. The van der Waals surface area contributed by atoms with Crippen LogP contribution < -0.4 is 4.74 Å². The lowest BCUT2D eigenvalue weighted by molar-refractivity contribution is 0.259. The molecule has 0 fully saturated rings. The molecule has 2 aromatic rings. The lowest BCUT2D eigenvalue weighted by Gasteiger charge is -2.11. The van der Waals surface area contributed by atoms with Crippen LogP contribution >= 0.6 is 15.9 Å². The van der Waals surface area contributed by atoms with Crippen molar-refractivity contribution >= 4 is 15.9 Å². The van der Waals surface area contributed by atoms with Crippen molar-refractivity contribution in [3.05, 3.63) is 63.4 Å². The van der Waals surface area contributed by atoms with E-state index >= 15 is 0 Å². The molecule has 0 aliphatic rings. The number of ether oxygens (including phenoxy) is 1. The van der Waals surface area contributed by atoms with Gasteiger partial charge < -0.3 is 9.84 Å². The predicted octanol–water partition coefficient (Wildman–Crippen LogP) is 3.53. The van der Waals surface area contributed by atoms with E-state index in [4.69, 9.17) is 10.00 Å². The van der Waals surface area contributed by atoms with Gasteiger partial charge in [-0.2, -0.15) is 5.26 Å². The molecule has 0 aliphatic carbocycles. The summed E-state index contributed by atoms with van der Waals surface area (Å²) in [4.78, 5) is 0. The highest BCUT2D eigenvalue weighted by Gasteiger charge is 2.06. The fourth-order valence-electron chi connectivity index (χ4n) is 1.72. The third kappa shape index (κ3) is 3.35. The molecule has 0 saturated carbocycles. The first-order valence-electron chi connectivity index (χ1n) is 5.84. The van der Waals surface area contributed by atoms with E-state index in [0.717, 1.165) is 4.47 Å². The van der Waals surface area contributed by atoms with Crippen LogP contribution in [-0.4, -0.2) is 5.11 Å². The van der Waals surface area contributed by atoms with E-state index < -0.39 is 5.82 Å². The summed E-state index contributed by atoms with van der Waals surface area (Å²) >= 11 is 3.32. The number of aliphatic hydroxyl groups is 1. The van der Waals surface area contributed by atoms with Gasteiger partial charge in [0.05, 0.1) is 12.2 Å². The third-order valence-corrected chi connectivity index (χ3v) is 3.23. The fraction of sp³-hybridized carbons (Fsp3) is 0.133. The van der Waals surface area contributed by atoms with E-state index in [0.29, 0.717) is 16.9 Å². The van der Waals surface area contributed by atoms with E-state index in [1.54, 1.807) is 30.3 Å². The summed E-state index contributed by atoms with van der Waals surface area (Å²) in [5, 5.41) is 18.0. The van der Waals surface area contributed by atoms with Crippen molar-refractivity contribution < 1.29 is 14.2 Å². The van der Waals surface area contributed by atoms with Gasteiger partial charge in [0.15, 0.2) is 0 Å². The quantitative estimate of drug-likeness (QED) is 0.929. The maximum Gasteiger partial charge on any atom is 0.140 e. The van der Waals surface area contributed by atoms with Crippen LogP contribution in [0.25, 0.3) is 0 Å². The first-order chi connectivity index (χ1) is 9.63. The average molecular weight is 336 g/mol. The number of benzene rings is 2. The second-order valence-electron chi connectivity index (χ2n) is 4.12. The summed E-state index contributed by atoms with van der Waals surface area (Å²) in [6, 6.07) is 11.4. The summed E-state index contributed by atoms with van der Waals surface area (Å²) in [5.74, 6) is 0.00877. The molecule has 0 bridgehead atoms. The molecule has 102 valence electrons. The van der Waals surface area contributed by atoms with Crippen LogP contribution in [-0.2, 0) is 13.2 Å². The molecule has 0 aromatic heterocycles. The van der Waals surface area contributed by atoms with Gasteiger partial charge >= 0.3 is 0 Å². The second kappa shape index (κ2) is 6.51. The molecule has 0 aliphatic heterocycles. The highest BCUT2D eigenvalue weighted by molar-refractivity contribution is 9.10. The minimum Gasteiger partial charge on any atom is -0.489 e. The zero-order valence-corrected chi connectivity index (χ0v) is 12.0. The van der Waals surface area contributed by atoms with Crippen molar-refractivity contribution in [2.45, 2.75) is 13.2 Å². The van der Waals surface area contributed by atoms with Crippen molar-refractivity contribution in [2.75, 3.05) is 0 Å². The van der Waals surface area contributed by atoms with Crippen molar-refractivity contribution in [1.82, 2.24) is 0 Å². The van der Waals surface area contributed by atoms with Gasteiger partial charge in [0.25, 0.3) is 0 Å². The van der Waals surface area contributed by atoms with E-state index in [1.807, 2.05) is 0 Å². The maximum absolute atomic E-state index is 13.2. The monoisotopic (exact) mass is 335 g/mol. The molecule has 5 heteroatoms. The largest absolute Gasteiger partial charge is 0.489 e. The molecule has 0 radical (unpaired) electrons. The Balaban J connectivity index is 2.15. The van der Waals surface area contributed by atoms with E-state index in [-0.39, 0.29) is 18.8 Å². The summed E-state index contributed by atoms with van der Waals surface area (Å²) in [5.41, 5.74) is 1.33. The molecule has 2 rings (SSSR count). The molecule has 0 saturated heterocycles. The minimum absolute atomic E-state index is 0.00992. The lowest BCUT2D eigenvalue weighted by Crippen LogP contribution is -2.00. The number of hydrogen-bond acceptors (Lipinski definition) is 3. The van der Waals surface area contributed by atoms with Crippen LogP contribution in [0.5, 0.6) is 5.75 Å². The van der Waals surface area contributed by atoms with Crippen LogP contribution in [0.3, 0.4) is 0 Å². The molecule has 0 spiro atoms. The normalized spacial score (nSPS) is 10.1. The van der Waals surface area contributed by atoms with Gasteiger partial charge in [0.1, 0.15) is 24.2 Å². The number of nitriles is 1. The van der Waals surface area contributed by atoms with Crippen molar-refractivity contribution in [1.29, 1.82) is 5.26 Å². The van der Waals surface area contributed by atoms with Gasteiger partial charge in [-0.15, -0.1) is 0 Å². The summed E-state index contributed by atoms with van der Waals surface area (Å²) < 4.78 is 19.6. The van der Waals surface area contributed by atoms with Crippen LogP contribution in [0.1, 0.15) is 16.7 Å².